The number of rotatable bonds is 5. The molecule has 0 amide bonds. The Morgan fingerprint density at radius 3 is 2.73 bits per heavy atom. The van der Waals surface area contributed by atoms with Crippen LogP contribution < -0.4 is 10.9 Å². The van der Waals surface area contributed by atoms with Gasteiger partial charge in [-0.15, -0.1) is 0 Å². The number of benzene rings is 2. The molecule has 11 heteroatoms. The van der Waals surface area contributed by atoms with Crippen LogP contribution in [0.3, 0.4) is 0 Å². The summed E-state index contributed by atoms with van der Waals surface area (Å²) in [5, 5.41) is 2.74. The monoisotopic (exact) mass is 467 g/mol. The first-order valence-corrected chi connectivity index (χ1v) is 10.4. The highest BCUT2D eigenvalue weighted by Crippen LogP contribution is 2.29. The van der Waals surface area contributed by atoms with Gasteiger partial charge in [-0.05, 0) is 30.7 Å². The largest absolute Gasteiger partial charge is 0.358 e. The number of fused-ring (bicyclic) bond motifs is 2. The maximum atomic E-state index is 14.8. The fourth-order valence-corrected chi connectivity index (χ4v) is 3.95. The van der Waals surface area contributed by atoms with E-state index in [-0.39, 0.29) is 27.4 Å². The molecule has 2 aromatic carbocycles. The Balaban J connectivity index is 1.78. The molecule has 1 atom stereocenters. The Morgan fingerprint density at radius 1 is 1.12 bits per heavy atom. The number of imidazole rings is 1. The zero-order chi connectivity index (χ0) is 23.1. The molecular formula is C22H16ClF2N7O. The molecule has 8 nitrogen and oxygen atoms in total. The van der Waals surface area contributed by atoms with Gasteiger partial charge in [-0.1, -0.05) is 30.7 Å². The number of hydrogen-bond acceptors (Lipinski definition) is 6. The van der Waals surface area contributed by atoms with Crippen molar-refractivity contribution < 1.29 is 8.78 Å². The number of halogens is 3. The Hall–Kier alpha value is -3.92. The van der Waals surface area contributed by atoms with Crippen molar-refractivity contribution in [3.8, 4) is 5.69 Å². The van der Waals surface area contributed by atoms with E-state index in [4.69, 9.17) is 11.6 Å². The van der Waals surface area contributed by atoms with Crippen molar-refractivity contribution >= 4 is 39.5 Å². The van der Waals surface area contributed by atoms with Crippen LogP contribution in [0.4, 0.5) is 14.6 Å². The van der Waals surface area contributed by atoms with Crippen molar-refractivity contribution in [2.24, 2.45) is 0 Å². The van der Waals surface area contributed by atoms with Crippen LogP contribution in [0.5, 0.6) is 0 Å². The second-order valence-electron chi connectivity index (χ2n) is 7.24. The molecule has 33 heavy (non-hydrogen) atoms. The van der Waals surface area contributed by atoms with Crippen LogP contribution in [-0.4, -0.2) is 29.5 Å². The molecule has 0 spiro atoms. The van der Waals surface area contributed by atoms with Crippen LogP contribution >= 0.6 is 11.6 Å². The highest BCUT2D eigenvalue weighted by Gasteiger charge is 2.24. The van der Waals surface area contributed by atoms with Gasteiger partial charge in [-0.2, -0.15) is 0 Å². The number of para-hydroxylation sites is 1. The van der Waals surface area contributed by atoms with Crippen LogP contribution in [0.1, 0.15) is 25.2 Å². The minimum Gasteiger partial charge on any atom is -0.358 e. The molecule has 0 saturated heterocycles. The predicted octanol–water partition coefficient (Wildman–Crippen LogP) is 4.55. The lowest BCUT2D eigenvalue weighted by Gasteiger charge is -2.22. The third-order valence-corrected chi connectivity index (χ3v) is 5.66. The molecule has 0 fully saturated rings. The Bertz CT molecular complexity index is 1570. The highest BCUT2D eigenvalue weighted by molar-refractivity contribution is 6.35. The van der Waals surface area contributed by atoms with Crippen LogP contribution in [-0.2, 0) is 0 Å². The minimum absolute atomic E-state index is 0.0277. The first-order chi connectivity index (χ1) is 16.0. The third kappa shape index (κ3) is 3.48. The van der Waals surface area contributed by atoms with Gasteiger partial charge in [-0.25, -0.2) is 28.7 Å². The van der Waals surface area contributed by atoms with Crippen molar-refractivity contribution in [1.82, 2.24) is 29.5 Å². The van der Waals surface area contributed by atoms with E-state index in [1.54, 1.807) is 6.07 Å². The van der Waals surface area contributed by atoms with Gasteiger partial charge < -0.3 is 10.3 Å². The van der Waals surface area contributed by atoms with Crippen molar-refractivity contribution in [3.05, 3.63) is 81.9 Å². The van der Waals surface area contributed by atoms with E-state index in [2.05, 4.69) is 30.2 Å². The van der Waals surface area contributed by atoms with E-state index in [9.17, 15) is 13.6 Å². The molecule has 0 aliphatic carbocycles. The topological polar surface area (TPSA) is 101 Å². The van der Waals surface area contributed by atoms with E-state index < -0.39 is 23.2 Å². The summed E-state index contributed by atoms with van der Waals surface area (Å²) in [4.78, 5) is 33.7. The van der Waals surface area contributed by atoms with Crippen molar-refractivity contribution in [2.75, 3.05) is 5.32 Å². The normalized spacial score (nSPS) is 12.4. The number of aromatic amines is 1. The number of nitrogens with zero attached hydrogens (tertiary/aromatic N) is 5. The summed E-state index contributed by atoms with van der Waals surface area (Å²) < 4.78 is 30.1. The summed E-state index contributed by atoms with van der Waals surface area (Å²) in [6.45, 7) is 1.88. The average Bonchev–Trinajstić information content (AvgIpc) is 3.30. The summed E-state index contributed by atoms with van der Waals surface area (Å²) in [5.74, 6) is -0.770. The Morgan fingerprint density at radius 2 is 1.94 bits per heavy atom. The molecule has 5 aromatic rings. The number of H-pyrrole nitrogens is 1. The summed E-state index contributed by atoms with van der Waals surface area (Å²) in [6.07, 6.45) is 3.32. The molecule has 0 aliphatic rings. The van der Waals surface area contributed by atoms with E-state index >= 15 is 0 Å². The minimum atomic E-state index is -0.761. The molecule has 2 N–H and O–H groups in total. The predicted molar refractivity (Wildman–Crippen MR) is 121 cm³/mol. The SMILES string of the molecule is CC[C@@H](Nc1ncnc2[nH]cnc12)c1nc2ccc(F)c(Cl)c2c(=O)n1-c1ccccc1F. The lowest BCUT2D eigenvalue weighted by atomic mass is 10.1. The first-order valence-electron chi connectivity index (χ1n) is 10.1. The maximum absolute atomic E-state index is 14.8. The summed E-state index contributed by atoms with van der Waals surface area (Å²) in [6, 6.07) is 7.71. The molecule has 3 aromatic heterocycles. The van der Waals surface area contributed by atoms with Gasteiger partial charge in [0.2, 0.25) is 0 Å². The first kappa shape index (κ1) is 21.0. The number of aromatic nitrogens is 6. The number of anilines is 1. The molecule has 0 aliphatic heterocycles. The van der Waals surface area contributed by atoms with Crippen LogP contribution in [0, 0.1) is 11.6 Å². The van der Waals surface area contributed by atoms with Gasteiger partial charge in [0.25, 0.3) is 5.56 Å². The summed E-state index contributed by atoms with van der Waals surface area (Å²) in [5.41, 5.74) is 0.517. The van der Waals surface area contributed by atoms with Gasteiger partial charge in [0, 0.05) is 0 Å². The standard InChI is InChI=1S/C22H16ClF2N7O/c1-2-13(30-20-18-19(27-9-26-18)28-10-29-20)21-31-14-8-7-12(25)17(23)16(14)22(33)32(21)15-6-4-3-5-11(15)24/h3-10,13H,2H2,1H3,(H2,26,27,28,29,30)/t13-/m1/s1. The Kier molecular flexibility index (Phi) is 5.21. The van der Waals surface area contributed by atoms with E-state index in [0.29, 0.717) is 23.4 Å². The lowest BCUT2D eigenvalue weighted by Crippen LogP contribution is -2.29. The number of hydrogen-bond donors (Lipinski definition) is 2. The molecular weight excluding hydrogens is 452 g/mol. The Labute approximate surface area is 190 Å². The molecule has 3 heterocycles. The smallest absolute Gasteiger partial charge is 0.267 e. The van der Waals surface area contributed by atoms with Gasteiger partial charge in [0.1, 0.15) is 29.3 Å². The van der Waals surface area contributed by atoms with Crippen molar-refractivity contribution in [3.63, 3.8) is 0 Å². The van der Waals surface area contributed by atoms with Crippen LogP contribution in [0.25, 0.3) is 27.8 Å². The summed E-state index contributed by atoms with van der Waals surface area (Å²) in [7, 11) is 0. The third-order valence-electron chi connectivity index (χ3n) is 5.30. The molecule has 5 rings (SSSR count). The van der Waals surface area contributed by atoms with Crippen molar-refractivity contribution in [1.29, 1.82) is 0 Å². The zero-order valence-electron chi connectivity index (χ0n) is 17.2. The second-order valence-corrected chi connectivity index (χ2v) is 7.62. The molecule has 166 valence electrons. The molecule has 0 bridgehead atoms. The van der Waals surface area contributed by atoms with Gasteiger partial charge in [-0.3, -0.25) is 9.36 Å². The fraction of sp³-hybridized carbons (Fsp3) is 0.136. The highest BCUT2D eigenvalue weighted by atomic mass is 35.5. The van der Waals surface area contributed by atoms with E-state index in [1.165, 1.54) is 36.9 Å². The quantitative estimate of drug-likeness (QED) is 0.393. The zero-order valence-corrected chi connectivity index (χ0v) is 17.9. The van der Waals surface area contributed by atoms with E-state index in [1.807, 2.05) is 6.92 Å². The molecule has 0 unspecified atom stereocenters. The van der Waals surface area contributed by atoms with Crippen LogP contribution in [0.2, 0.25) is 5.02 Å². The van der Waals surface area contributed by atoms with Crippen molar-refractivity contribution in [2.45, 2.75) is 19.4 Å². The fourth-order valence-electron chi connectivity index (χ4n) is 3.71. The lowest BCUT2D eigenvalue weighted by molar-refractivity contribution is 0.598. The maximum Gasteiger partial charge on any atom is 0.267 e. The van der Waals surface area contributed by atoms with Gasteiger partial charge >= 0.3 is 0 Å². The molecule has 0 radical (unpaired) electrons. The van der Waals surface area contributed by atoms with Crippen LogP contribution in [0.15, 0.2) is 53.8 Å². The second kappa shape index (κ2) is 8.21. The molecule has 0 saturated carbocycles. The van der Waals surface area contributed by atoms with E-state index in [0.717, 1.165) is 10.6 Å². The average molecular weight is 468 g/mol. The van der Waals surface area contributed by atoms with Gasteiger partial charge in [0.05, 0.1) is 34.0 Å². The number of nitrogens with one attached hydrogen (secondary N) is 2. The van der Waals surface area contributed by atoms with Gasteiger partial charge in [0.15, 0.2) is 11.5 Å². The summed E-state index contributed by atoms with van der Waals surface area (Å²) >= 11 is 6.11.